The number of aryl methyl sites for hydroxylation is 1. The number of carbonyl (C=O) groups excluding carboxylic acids is 2. The Morgan fingerprint density at radius 1 is 0.955 bits per heavy atom. The van der Waals surface area contributed by atoms with Crippen molar-refractivity contribution in [3.8, 4) is 0 Å². The number of carbonyl (C=O) groups is 2. The summed E-state index contributed by atoms with van der Waals surface area (Å²) in [5, 5.41) is 5.22. The molecule has 0 saturated carbocycles. The maximum Gasteiger partial charge on any atom is 0.233 e. The second-order valence-electron chi connectivity index (χ2n) is 4.99. The van der Waals surface area contributed by atoms with Gasteiger partial charge in [-0.2, -0.15) is 0 Å². The Labute approximate surface area is 128 Å². The molecule has 2 aromatic carbocycles. The molecule has 0 saturated heterocycles. The van der Waals surface area contributed by atoms with Crippen molar-refractivity contribution in [3.05, 3.63) is 65.5 Å². The first kappa shape index (κ1) is 15.7. The number of hydrogen-bond donors (Lipinski definition) is 2. The zero-order valence-electron chi connectivity index (χ0n) is 12.2. The zero-order chi connectivity index (χ0) is 15.9. The van der Waals surface area contributed by atoms with Gasteiger partial charge in [0.2, 0.25) is 11.8 Å². The lowest BCUT2D eigenvalue weighted by Gasteiger charge is -2.07. The van der Waals surface area contributed by atoms with Crippen molar-refractivity contribution in [1.82, 2.24) is 5.32 Å². The summed E-state index contributed by atoms with van der Waals surface area (Å²) < 4.78 is 12.7. The Hall–Kier alpha value is -2.69. The van der Waals surface area contributed by atoms with Crippen LogP contribution in [0.3, 0.4) is 0 Å². The van der Waals surface area contributed by atoms with E-state index in [0.717, 1.165) is 11.1 Å². The maximum atomic E-state index is 12.7. The highest BCUT2D eigenvalue weighted by Gasteiger charge is 2.09. The third-order valence-electron chi connectivity index (χ3n) is 3.06. The quantitative estimate of drug-likeness (QED) is 0.834. The van der Waals surface area contributed by atoms with Gasteiger partial charge in [0.15, 0.2) is 0 Å². The van der Waals surface area contributed by atoms with Crippen molar-refractivity contribution < 1.29 is 14.0 Å². The minimum Gasteiger partial charge on any atom is -0.352 e. The molecule has 114 valence electrons. The molecule has 4 nitrogen and oxygen atoms in total. The fraction of sp³-hybridized carbons (Fsp3) is 0.176. The molecule has 0 fully saturated rings. The fourth-order valence-corrected chi connectivity index (χ4v) is 1.85. The second kappa shape index (κ2) is 7.36. The molecule has 0 radical (unpaired) electrons. The van der Waals surface area contributed by atoms with Gasteiger partial charge in [-0.25, -0.2) is 4.39 Å². The van der Waals surface area contributed by atoms with E-state index in [4.69, 9.17) is 0 Å². The Kier molecular flexibility index (Phi) is 5.25. The van der Waals surface area contributed by atoms with Crippen LogP contribution in [-0.4, -0.2) is 11.8 Å². The molecular weight excluding hydrogens is 283 g/mol. The number of amides is 2. The summed E-state index contributed by atoms with van der Waals surface area (Å²) in [6.07, 6.45) is -0.275. The molecule has 0 spiro atoms. The molecule has 0 aliphatic carbocycles. The van der Waals surface area contributed by atoms with Gasteiger partial charge in [-0.15, -0.1) is 0 Å². The van der Waals surface area contributed by atoms with Crippen LogP contribution in [0.4, 0.5) is 10.1 Å². The van der Waals surface area contributed by atoms with Gasteiger partial charge in [0.1, 0.15) is 12.2 Å². The summed E-state index contributed by atoms with van der Waals surface area (Å²) in [5.74, 6) is -1.18. The zero-order valence-corrected chi connectivity index (χ0v) is 12.2. The van der Waals surface area contributed by atoms with Gasteiger partial charge >= 0.3 is 0 Å². The van der Waals surface area contributed by atoms with Crippen molar-refractivity contribution in [3.63, 3.8) is 0 Å². The maximum absolute atomic E-state index is 12.7. The van der Waals surface area contributed by atoms with Crippen LogP contribution in [0, 0.1) is 12.7 Å². The first-order valence-corrected chi connectivity index (χ1v) is 6.90. The fourth-order valence-electron chi connectivity index (χ4n) is 1.85. The topological polar surface area (TPSA) is 58.2 Å². The third kappa shape index (κ3) is 5.01. The van der Waals surface area contributed by atoms with Crippen LogP contribution in [0.5, 0.6) is 0 Å². The SMILES string of the molecule is Cc1ccc(CNC(=O)CC(=O)Nc2ccc(F)cc2)cc1. The van der Waals surface area contributed by atoms with Crippen LogP contribution in [0.15, 0.2) is 48.5 Å². The van der Waals surface area contributed by atoms with E-state index in [9.17, 15) is 14.0 Å². The minimum absolute atomic E-state index is 0.275. The van der Waals surface area contributed by atoms with Crippen molar-refractivity contribution in [2.24, 2.45) is 0 Å². The van der Waals surface area contributed by atoms with Crippen molar-refractivity contribution >= 4 is 17.5 Å². The normalized spacial score (nSPS) is 10.1. The molecule has 0 aromatic heterocycles. The molecule has 0 bridgehead atoms. The molecule has 2 N–H and O–H groups in total. The Bertz CT molecular complexity index is 651. The lowest BCUT2D eigenvalue weighted by Crippen LogP contribution is -2.27. The standard InChI is InChI=1S/C17H17FN2O2/c1-12-2-4-13(5-3-12)11-19-16(21)10-17(22)20-15-8-6-14(18)7-9-15/h2-9H,10-11H2,1H3,(H,19,21)(H,20,22). The molecular formula is C17H17FN2O2. The Morgan fingerprint density at radius 2 is 1.59 bits per heavy atom. The lowest BCUT2D eigenvalue weighted by molar-refractivity contribution is -0.126. The van der Waals surface area contributed by atoms with E-state index in [0.29, 0.717) is 12.2 Å². The average molecular weight is 300 g/mol. The van der Waals surface area contributed by atoms with Crippen LogP contribution < -0.4 is 10.6 Å². The van der Waals surface area contributed by atoms with Crippen molar-refractivity contribution in [2.75, 3.05) is 5.32 Å². The number of benzene rings is 2. The molecule has 0 unspecified atom stereocenters. The van der Waals surface area contributed by atoms with Crippen LogP contribution >= 0.6 is 0 Å². The number of anilines is 1. The van der Waals surface area contributed by atoms with Crippen molar-refractivity contribution in [1.29, 1.82) is 0 Å². The number of rotatable bonds is 5. The van der Waals surface area contributed by atoms with Gasteiger partial charge in [0, 0.05) is 12.2 Å². The van der Waals surface area contributed by atoms with Crippen molar-refractivity contribution in [2.45, 2.75) is 19.9 Å². The van der Waals surface area contributed by atoms with E-state index in [1.165, 1.54) is 24.3 Å². The first-order valence-electron chi connectivity index (χ1n) is 6.90. The second-order valence-corrected chi connectivity index (χ2v) is 4.99. The summed E-state index contributed by atoms with van der Waals surface area (Å²) in [6.45, 7) is 2.37. The van der Waals surface area contributed by atoms with E-state index in [1.54, 1.807) is 0 Å². The van der Waals surface area contributed by atoms with Gasteiger partial charge in [0.05, 0.1) is 0 Å². The molecule has 0 aliphatic rings. The van der Waals surface area contributed by atoms with Crippen LogP contribution in [0.1, 0.15) is 17.5 Å². The molecule has 2 aromatic rings. The molecule has 2 amide bonds. The Morgan fingerprint density at radius 3 is 2.23 bits per heavy atom. The highest BCUT2D eigenvalue weighted by molar-refractivity contribution is 6.03. The van der Waals surface area contributed by atoms with E-state index >= 15 is 0 Å². The number of nitrogens with one attached hydrogen (secondary N) is 2. The van der Waals surface area contributed by atoms with Crippen LogP contribution in [0.25, 0.3) is 0 Å². The molecule has 0 heterocycles. The Balaban J connectivity index is 1.77. The molecule has 22 heavy (non-hydrogen) atoms. The molecule has 0 atom stereocenters. The van der Waals surface area contributed by atoms with E-state index in [2.05, 4.69) is 10.6 Å². The van der Waals surface area contributed by atoms with Gasteiger partial charge in [-0.3, -0.25) is 9.59 Å². The third-order valence-corrected chi connectivity index (χ3v) is 3.06. The summed E-state index contributed by atoms with van der Waals surface area (Å²) in [4.78, 5) is 23.4. The highest BCUT2D eigenvalue weighted by Crippen LogP contribution is 2.08. The summed E-state index contributed by atoms with van der Waals surface area (Å²) in [5.41, 5.74) is 2.57. The monoisotopic (exact) mass is 300 g/mol. The summed E-state index contributed by atoms with van der Waals surface area (Å²) in [6, 6.07) is 13.1. The lowest BCUT2D eigenvalue weighted by atomic mass is 10.1. The van der Waals surface area contributed by atoms with Gasteiger partial charge in [-0.1, -0.05) is 29.8 Å². The van der Waals surface area contributed by atoms with Gasteiger partial charge in [0.25, 0.3) is 0 Å². The predicted molar refractivity (Wildman–Crippen MR) is 82.7 cm³/mol. The average Bonchev–Trinajstić information content (AvgIpc) is 2.49. The van der Waals surface area contributed by atoms with Gasteiger partial charge < -0.3 is 10.6 Å². The minimum atomic E-state index is -0.437. The van der Waals surface area contributed by atoms with Crippen LogP contribution in [-0.2, 0) is 16.1 Å². The summed E-state index contributed by atoms with van der Waals surface area (Å²) >= 11 is 0. The summed E-state index contributed by atoms with van der Waals surface area (Å²) in [7, 11) is 0. The van der Waals surface area contributed by atoms with E-state index in [1.807, 2.05) is 31.2 Å². The highest BCUT2D eigenvalue weighted by atomic mass is 19.1. The van der Waals surface area contributed by atoms with E-state index < -0.39 is 5.91 Å². The van der Waals surface area contributed by atoms with Crippen LogP contribution in [0.2, 0.25) is 0 Å². The molecule has 2 rings (SSSR count). The number of hydrogen-bond acceptors (Lipinski definition) is 2. The largest absolute Gasteiger partial charge is 0.352 e. The molecule has 0 aliphatic heterocycles. The van der Waals surface area contributed by atoms with Gasteiger partial charge in [-0.05, 0) is 36.8 Å². The number of halogens is 1. The predicted octanol–water partition coefficient (Wildman–Crippen LogP) is 2.78. The molecule has 5 heteroatoms. The van der Waals surface area contributed by atoms with E-state index in [-0.39, 0.29) is 18.1 Å². The smallest absolute Gasteiger partial charge is 0.233 e. The first-order chi connectivity index (χ1) is 10.5.